The second-order valence-electron chi connectivity index (χ2n) is 9.50. The molecular formula is C25H28F4N2O6S. The highest BCUT2D eigenvalue weighted by atomic mass is 32.2. The Morgan fingerprint density at radius 1 is 1.00 bits per heavy atom. The van der Waals surface area contributed by atoms with Crippen LogP contribution in [0.5, 0.6) is 5.75 Å². The van der Waals surface area contributed by atoms with Crippen molar-refractivity contribution in [3.05, 3.63) is 59.4 Å². The first kappa shape index (κ1) is 29.4. The van der Waals surface area contributed by atoms with E-state index in [-0.39, 0.29) is 54.9 Å². The number of amides is 1. The highest BCUT2D eigenvalue weighted by Gasteiger charge is 2.36. The van der Waals surface area contributed by atoms with Gasteiger partial charge in [-0.25, -0.2) is 17.6 Å². The predicted molar refractivity (Wildman–Crippen MR) is 129 cm³/mol. The average Bonchev–Trinajstić information content (AvgIpc) is 2.86. The molecule has 0 aliphatic carbocycles. The van der Waals surface area contributed by atoms with Crippen LogP contribution in [0.1, 0.15) is 42.6 Å². The monoisotopic (exact) mass is 560 g/mol. The van der Waals surface area contributed by atoms with Gasteiger partial charge in [0, 0.05) is 31.6 Å². The van der Waals surface area contributed by atoms with Gasteiger partial charge in [-0.15, -0.1) is 0 Å². The zero-order chi connectivity index (χ0) is 28.3. The van der Waals surface area contributed by atoms with Crippen molar-refractivity contribution < 1.29 is 45.4 Å². The zero-order valence-electron chi connectivity index (χ0n) is 20.8. The molecule has 1 aliphatic heterocycles. The van der Waals surface area contributed by atoms with E-state index in [2.05, 4.69) is 0 Å². The molecule has 0 spiro atoms. The van der Waals surface area contributed by atoms with Crippen LogP contribution in [0.15, 0.2) is 47.4 Å². The fraction of sp³-hybridized carbons (Fsp3) is 0.440. The van der Waals surface area contributed by atoms with Gasteiger partial charge >= 0.3 is 12.1 Å². The summed E-state index contributed by atoms with van der Waals surface area (Å²) in [5, 5.41) is 8.99. The summed E-state index contributed by atoms with van der Waals surface area (Å²) in [5.41, 5.74) is -2.28. The van der Waals surface area contributed by atoms with E-state index in [1.165, 1.54) is 28.6 Å². The van der Waals surface area contributed by atoms with Crippen LogP contribution in [-0.4, -0.2) is 67.4 Å². The molecule has 0 saturated carbocycles. The van der Waals surface area contributed by atoms with Gasteiger partial charge in [-0.05, 0) is 55.3 Å². The van der Waals surface area contributed by atoms with Crippen LogP contribution in [0, 0.1) is 11.2 Å². The number of hydrogen-bond acceptors (Lipinski definition) is 5. The van der Waals surface area contributed by atoms with Crippen LogP contribution >= 0.6 is 0 Å². The molecule has 0 aromatic heterocycles. The molecule has 0 unspecified atom stereocenters. The molecule has 1 aliphatic rings. The number of piperazine rings is 1. The molecule has 1 fully saturated rings. The molecule has 2 aromatic carbocycles. The van der Waals surface area contributed by atoms with E-state index in [0.29, 0.717) is 25.0 Å². The molecule has 8 nitrogen and oxygen atoms in total. The summed E-state index contributed by atoms with van der Waals surface area (Å²) in [6, 6.07) is 7.29. The number of sulfonamides is 1. The van der Waals surface area contributed by atoms with Gasteiger partial charge in [0.1, 0.15) is 11.6 Å². The molecule has 2 aromatic rings. The molecule has 3 rings (SSSR count). The Hall–Kier alpha value is -3.19. The first-order valence-corrected chi connectivity index (χ1v) is 13.2. The van der Waals surface area contributed by atoms with Crippen LogP contribution < -0.4 is 4.74 Å². The van der Waals surface area contributed by atoms with E-state index in [0.717, 1.165) is 6.07 Å². The summed E-state index contributed by atoms with van der Waals surface area (Å²) < 4.78 is 84.4. The molecule has 208 valence electrons. The van der Waals surface area contributed by atoms with Crippen molar-refractivity contribution in [3.63, 3.8) is 0 Å². The summed E-state index contributed by atoms with van der Waals surface area (Å²) in [5.74, 6) is -2.87. The largest absolute Gasteiger partial charge is 0.494 e. The second-order valence-corrected chi connectivity index (χ2v) is 11.4. The number of hydrogen-bond donors (Lipinski definition) is 1. The zero-order valence-corrected chi connectivity index (χ0v) is 21.6. The summed E-state index contributed by atoms with van der Waals surface area (Å²) in [7, 11) is -3.86. The number of halogens is 4. The summed E-state index contributed by atoms with van der Waals surface area (Å²) >= 11 is 0. The lowest BCUT2D eigenvalue weighted by atomic mass is 9.86. The number of ether oxygens (including phenoxy) is 1. The smallest absolute Gasteiger partial charge is 0.419 e. The first-order chi connectivity index (χ1) is 17.6. The van der Waals surface area contributed by atoms with Crippen molar-refractivity contribution in [2.24, 2.45) is 5.41 Å². The van der Waals surface area contributed by atoms with Crippen molar-refractivity contribution >= 4 is 21.9 Å². The van der Waals surface area contributed by atoms with Crippen molar-refractivity contribution in [3.8, 4) is 5.75 Å². The fourth-order valence-corrected chi connectivity index (χ4v) is 5.52. The Bertz CT molecular complexity index is 1270. The van der Waals surface area contributed by atoms with E-state index in [1.54, 1.807) is 18.7 Å². The lowest BCUT2D eigenvalue weighted by Crippen LogP contribution is -2.53. The topological polar surface area (TPSA) is 104 Å². The number of alkyl halides is 3. The fourth-order valence-electron chi connectivity index (χ4n) is 4.10. The Morgan fingerprint density at radius 3 is 2.16 bits per heavy atom. The van der Waals surface area contributed by atoms with Gasteiger partial charge in [0.05, 0.1) is 22.6 Å². The number of carboxylic acids is 1. The second kappa shape index (κ2) is 11.3. The minimum Gasteiger partial charge on any atom is -0.494 e. The summed E-state index contributed by atoms with van der Waals surface area (Å²) in [6.45, 7) is 3.94. The maximum absolute atomic E-state index is 13.4. The van der Waals surface area contributed by atoms with E-state index in [4.69, 9.17) is 9.84 Å². The van der Waals surface area contributed by atoms with E-state index in [1.807, 2.05) is 0 Å². The minimum atomic E-state index is -4.84. The first-order valence-electron chi connectivity index (χ1n) is 11.8. The molecule has 0 bridgehead atoms. The molecule has 1 N–H and O–H groups in total. The normalized spacial score (nSPS) is 15.4. The highest BCUT2D eigenvalue weighted by molar-refractivity contribution is 7.89. The molecule has 1 heterocycles. The van der Waals surface area contributed by atoms with E-state index < -0.39 is 39.0 Å². The van der Waals surface area contributed by atoms with Gasteiger partial charge in [0.15, 0.2) is 0 Å². The molecule has 0 radical (unpaired) electrons. The van der Waals surface area contributed by atoms with Crippen molar-refractivity contribution in [2.45, 2.75) is 37.8 Å². The number of rotatable bonds is 9. The SMILES string of the molecule is CC(C)(CCCOc1ccc(F)c(C(F)(F)F)c1)C(=O)N1CCN(S(=O)(=O)c2ccc(C(=O)O)cc2)CC1. The standard InChI is InChI=1S/C25H28F4N2O6S/c1-24(2,10-3-15-37-18-6-9-21(26)20(16-18)25(27,28)29)23(34)30-11-13-31(14-12-30)38(35,36)19-7-4-17(5-8-19)22(32)33/h4-9,16H,3,10-15H2,1-2H3,(H,32,33). The third-order valence-electron chi connectivity index (χ3n) is 6.30. The van der Waals surface area contributed by atoms with Crippen LogP contribution in [0.3, 0.4) is 0 Å². The molecule has 38 heavy (non-hydrogen) atoms. The predicted octanol–water partition coefficient (Wildman–Crippen LogP) is 4.26. The lowest BCUT2D eigenvalue weighted by molar-refractivity contribution is -0.142. The summed E-state index contributed by atoms with van der Waals surface area (Å²) in [6.07, 6.45) is -4.14. The molecule has 1 amide bonds. The number of carbonyl (C=O) groups is 2. The molecule has 0 atom stereocenters. The lowest BCUT2D eigenvalue weighted by Gasteiger charge is -2.38. The van der Waals surface area contributed by atoms with E-state index >= 15 is 0 Å². The average molecular weight is 561 g/mol. The molecule has 1 saturated heterocycles. The van der Waals surface area contributed by atoms with Gasteiger partial charge in [-0.1, -0.05) is 13.8 Å². The Labute approximate surface area is 217 Å². The maximum Gasteiger partial charge on any atom is 0.419 e. The number of aromatic carboxylic acids is 1. The quantitative estimate of drug-likeness (QED) is 0.363. The number of carbonyl (C=O) groups excluding carboxylic acids is 1. The van der Waals surface area contributed by atoms with Crippen LogP contribution in [0.25, 0.3) is 0 Å². The maximum atomic E-state index is 13.4. The van der Waals surface area contributed by atoms with Gasteiger partial charge in [0.2, 0.25) is 15.9 Å². The molecule has 13 heteroatoms. The van der Waals surface area contributed by atoms with Gasteiger partial charge < -0.3 is 14.7 Å². The van der Waals surface area contributed by atoms with Crippen molar-refractivity contribution in [1.29, 1.82) is 0 Å². The number of nitrogens with zero attached hydrogens (tertiary/aromatic N) is 2. The molecular weight excluding hydrogens is 532 g/mol. The van der Waals surface area contributed by atoms with E-state index in [9.17, 15) is 35.6 Å². The van der Waals surface area contributed by atoms with Crippen LogP contribution in [-0.2, 0) is 21.0 Å². The van der Waals surface area contributed by atoms with Gasteiger partial charge in [-0.3, -0.25) is 4.79 Å². The van der Waals surface area contributed by atoms with Crippen molar-refractivity contribution in [1.82, 2.24) is 9.21 Å². The summed E-state index contributed by atoms with van der Waals surface area (Å²) in [4.78, 5) is 25.6. The van der Waals surface area contributed by atoms with Crippen molar-refractivity contribution in [2.75, 3.05) is 32.8 Å². The Balaban J connectivity index is 1.51. The van der Waals surface area contributed by atoms with Crippen LogP contribution in [0.2, 0.25) is 0 Å². The number of carboxylic acid groups (broad SMARTS) is 1. The van der Waals surface area contributed by atoms with Gasteiger partial charge in [0.25, 0.3) is 0 Å². The van der Waals surface area contributed by atoms with Crippen LogP contribution in [0.4, 0.5) is 17.6 Å². The Kier molecular flexibility index (Phi) is 8.72. The third-order valence-corrected chi connectivity index (χ3v) is 8.21. The number of benzene rings is 2. The Morgan fingerprint density at radius 2 is 1.61 bits per heavy atom. The van der Waals surface area contributed by atoms with Gasteiger partial charge in [-0.2, -0.15) is 17.5 Å². The minimum absolute atomic E-state index is 0.0202. The third kappa shape index (κ3) is 6.81. The highest BCUT2D eigenvalue weighted by Crippen LogP contribution is 2.34.